The third-order valence-electron chi connectivity index (χ3n) is 4.64. The molecule has 5 nitrogen and oxygen atoms in total. The Balaban J connectivity index is 2.10. The Morgan fingerprint density at radius 1 is 0.963 bits per heavy atom. The average molecular weight is 364 g/mol. The highest BCUT2D eigenvalue weighted by Crippen LogP contribution is 2.33. The summed E-state index contributed by atoms with van der Waals surface area (Å²) in [5.41, 5.74) is 4.30. The number of carbonyl (C=O) groups excluding carboxylic acids is 2. The van der Waals surface area contributed by atoms with Gasteiger partial charge in [0.2, 0.25) is 0 Å². The summed E-state index contributed by atoms with van der Waals surface area (Å²) in [7, 11) is 1.60. The maximum atomic E-state index is 13.1. The molecule has 5 heteroatoms. The molecule has 0 saturated carbocycles. The number of aryl methyl sites for hydroxylation is 2. The van der Waals surface area contributed by atoms with Gasteiger partial charge < -0.3 is 10.1 Å². The van der Waals surface area contributed by atoms with Gasteiger partial charge in [0, 0.05) is 11.7 Å². The Morgan fingerprint density at radius 3 is 2.19 bits per heavy atom. The number of hydrogen-bond acceptors (Lipinski definition) is 4. The van der Waals surface area contributed by atoms with Gasteiger partial charge >= 0.3 is 0 Å². The number of amides is 2. The van der Waals surface area contributed by atoms with Crippen LogP contribution in [0.3, 0.4) is 0 Å². The molecule has 140 valence electrons. The number of benzene rings is 2. The highest BCUT2D eigenvalue weighted by atomic mass is 16.5. The van der Waals surface area contributed by atoms with Crippen molar-refractivity contribution in [1.29, 1.82) is 0 Å². The van der Waals surface area contributed by atoms with E-state index in [2.05, 4.69) is 5.32 Å². The third-order valence-corrected chi connectivity index (χ3v) is 4.64. The summed E-state index contributed by atoms with van der Waals surface area (Å²) in [4.78, 5) is 27.4. The van der Waals surface area contributed by atoms with Crippen molar-refractivity contribution in [2.45, 2.75) is 33.7 Å². The quantitative estimate of drug-likeness (QED) is 0.817. The first-order chi connectivity index (χ1) is 12.8. The van der Waals surface area contributed by atoms with E-state index in [0.717, 1.165) is 28.1 Å². The molecule has 0 bridgehead atoms. The van der Waals surface area contributed by atoms with Gasteiger partial charge in [0.1, 0.15) is 11.4 Å². The molecule has 2 aromatic carbocycles. The summed E-state index contributed by atoms with van der Waals surface area (Å²) >= 11 is 0. The minimum Gasteiger partial charge on any atom is -0.497 e. The van der Waals surface area contributed by atoms with E-state index in [1.807, 2.05) is 58.0 Å². The van der Waals surface area contributed by atoms with E-state index in [9.17, 15) is 9.59 Å². The Bertz CT molecular complexity index is 927. The van der Waals surface area contributed by atoms with Crippen LogP contribution < -0.4 is 10.1 Å². The molecule has 3 rings (SSSR count). The lowest BCUT2D eigenvalue weighted by atomic mass is 9.97. The minimum absolute atomic E-state index is 0.221. The number of nitrogens with zero attached hydrogens (tertiary/aromatic N) is 1. The topological polar surface area (TPSA) is 58.6 Å². The lowest BCUT2D eigenvalue weighted by molar-refractivity contribution is -0.138. The molecular formula is C22H24N2O3. The van der Waals surface area contributed by atoms with Crippen LogP contribution in [0.2, 0.25) is 0 Å². The summed E-state index contributed by atoms with van der Waals surface area (Å²) in [6, 6.07) is 12.9. The number of hydrogen-bond donors (Lipinski definition) is 1. The predicted molar refractivity (Wildman–Crippen MR) is 106 cm³/mol. The summed E-state index contributed by atoms with van der Waals surface area (Å²) in [6.45, 7) is 7.64. The zero-order chi connectivity index (χ0) is 19.7. The molecule has 2 amide bonds. The van der Waals surface area contributed by atoms with E-state index >= 15 is 0 Å². The van der Waals surface area contributed by atoms with Crippen molar-refractivity contribution < 1.29 is 14.3 Å². The van der Waals surface area contributed by atoms with Gasteiger partial charge in [-0.25, -0.2) is 0 Å². The second-order valence-electron chi connectivity index (χ2n) is 7.00. The van der Waals surface area contributed by atoms with Crippen LogP contribution in [0.4, 0.5) is 5.69 Å². The fourth-order valence-corrected chi connectivity index (χ4v) is 3.29. The van der Waals surface area contributed by atoms with E-state index in [1.165, 1.54) is 4.90 Å². The van der Waals surface area contributed by atoms with Gasteiger partial charge in [-0.05, 0) is 63.1 Å². The predicted octanol–water partition coefficient (Wildman–Crippen LogP) is 3.91. The number of anilines is 1. The van der Waals surface area contributed by atoms with Crippen LogP contribution in [0.25, 0.3) is 5.57 Å². The molecule has 1 aliphatic rings. The molecular weight excluding hydrogens is 340 g/mol. The molecule has 0 spiro atoms. The van der Waals surface area contributed by atoms with Crippen molar-refractivity contribution in [2.75, 3.05) is 12.4 Å². The first-order valence-corrected chi connectivity index (χ1v) is 8.94. The maximum absolute atomic E-state index is 13.1. The molecule has 1 aliphatic heterocycles. The fourth-order valence-electron chi connectivity index (χ4n) is 3.29. The molecule has 27 heavy (non-hydrogen) atoms. The molecule has 0 aliphatic carbocycles. The van der Waals surface area contributed by atoms with Crippen LogP contribution in [0.15, 0.2) is 48.2 Å². The lowest BCUT2D eigenvalue weighted by Crippen LogP contribution is -2.38. The Kier molecular flexibility index (Phi) is 5.04. The molecule has 0 radical (unpaired) electrons. The zero-order valence-electron chi connectivity index (χ0n) is 16.3. The van der Waals surface area contributed by atoms with E-state index in [-0.39, 0.29) is 17.9 Å². The van der Waals surface area contributed by atoms with Crippen LogP contribution in [0.1, 0.15) is 30.5 Å². The van der Waals surface area contributed by atoms with Crippen LogP contribution in [0, 0.1) is 13.8 Å². The fraction of sp³-hybridized carbons (Fsp3) is 0.273. The monoisotopic (exact) mass is 364 g/mol. The van der Waals surface area contributed by atoms with Gasteiger partial charge in [-0.3, -0.25) is 14.5 Å². The van der Waals surface area contributed by atoms with Gasteiger partial charge in [-0.1, -0.05) is 23.8 Å². The van der Waals surface area contributed by atoms with Crippen molar-refractivity contribution >= 4 is 23.1 Å². The van der Waals surface area contributed by atoms with Crippen LogP contribution in [-0.2, 0) is 9.59 Å². The van der Waals surface area contributed by atoms with Gasteiger partial charge in [-0.2, -0.15) is 0 Å². The second-order valence-corrected chi connectivity index (χ2v) is 7.00. The van der Waals surface area contributed by atoms with Crippen LogP contribution >= 0.6 is 0 Å². The standard InChI is InChI=1S/C22H24N2O3/c1-13(2)24-21(25)19(18-11-6-14(3)12-15(18)4)20(22(24)26)23-16-7-9-17(27-5)10-8-16/h6-13,23H,1-5H3. The number of methoxy groups -OCH3 is 1. The van der Waals surface area contributed by atoms with E-state index in [4.69, 9.17) is 4.74 Å². The highest BCUT2D eigenvalue weighted by Gasteiger charge is 2.40. The molecule has 2 aromatic rings. The third kappa shape index (κ3) is 3.45. The van der Waals surface area contributed by atoms with Crippen molar-refractivity contribution in [2.24, 2.45) is 0 Å². The Labute approximate surface area is 159 Å². The van der Waals surface area contributed by atoms with E-state index in [0.29, 0.717) is 11.3 Å². The van der Waals surface area contributed by atoms with Gasteiger partial charge in [0.15, 0.2) is 0 Å². The molecule has 0 saturated heterocycles. The Morgan fingerprint density at radius 2 is 1.63 bits per heavy atom. The highest BCUT2D eigenvalue weighted by molar-refractivity contribution is 6.36. The largest absolute Gasteiger partial charge is 0.497 e. The second kappa shape index (κ2) is 7.27. The van der Waals surface area contributed by atoms with Crippen molar-refractivity contribution in [1.82, 2.24) is 4.90 Å². The van der Waals surface area contributed by atoms with Crippen molar-refractivity contribution in [3.8, 4) is 5.75 Å². The zero-order valence-corrected chi connectivity index (χ0v) is 16.3. The maximum Gasteiger partial charge on any atom is 0.278 e. The SMILES string of the molecule is COc1ccc(NC2=C(c3ccc(C)cc3C)C(=O)N(C(C)C)C2=O)cc1. The molecule has 0 unspecified atom stereocenters. The molecule has 0 fully saturated rings. The van der Waals surface area contributed by atoms with Crippen LogP contribution in [-0.4, -0.2) is 29.9 Å². The normalized spacial score (nSPS) is 14.4. The number of rotatable bonds is 5. The summed E-state index contributed by atoms with van der Waals surface area (Å²) < 4.78 is 5.17. The van der Waals surface area contributed by atoms with E-state index < -0.39 is 0 Å². The van der Waals surface area contributed by atoms with E-state index in [1.54, 1.807) is 19.2 Å². The first kappa shape index (κ1) is 18.7. The van der Waals surface area contributed by atoms with Crippen LogP contribution in [0.5, 0.6) is 5.75 Å². The molecule has 0 aromatic heterocycles. The molecule has 0 atom stereocenters. The smallest absolute Gasteiger partial charge is 0.278 e. The number of imide groups is 1. The molecule has 1 heterocycles. The van der Waals surface area contributed by atoms with Gasteiger partial charge in [0.05, 0.1) is 12.7 Å². The average Bonchev–Trinajstić information content (AvgIpc) is 2.86. The molecule has 1 N–H and O–H groups in total. The lowest BCUT2D eigenvalue weighted by Gasteiger charge is -2.19. The van der Waals surface area contributed by atoms with Gasteiger partial charge in [0.25, 0.3) is 11.8 Å². The minimum atomic E-state index is -0.305. The summed E-state index contributed by atoms with van der Waals surface area (Å²) in [6.07, 6.45) is 0. The summed E-state index contributed by atoms with van der Waals surface area (Å²) in [5, 5.41) is 3.16. The first-order valence-electron chi connectivity index (χ1n) is 8.94. The Hall–Kier alpha value is -3.08. The number of nitrogens with one attached hydrogen (secondary N) is 1. The number of carbonyl (C=O) groups is 2. The summed E-state index contributed by atoms with van der Waals surface area (Å²) in [5.74, 6) is 0.153. The van der Waals surface area contributed by atoms with Crippen molar-refractivity contribution in [3.63, 3.8) is 0 Å². The van der Waals surface area contributed by atoms with Crippen molar-refractivity contribution in [3.05, 3.63) is 64.9 Å². The number of ether oxygens (including phenoxy) is 1. The van der Waals surface area contributed by atoms with Gasteiger partial charge in [-0.15, -0.1) is 0 Å².